The molecule has 122 valence electrons. The van der Waals surface area contributed by atoms with Crippen LogP contribution in [0.5, 0.6) is 5.75 Å². The first-order valence-corrected chi connectivity index (χ1v) is 9.80. The third-order valence-corrected chi connectivity index (χ3v) is 5.35. The average Bonchev–Trinajstić information content (AvgIpc) is 2.42. The van der Waals surface area contributed by atoms with Crippen molar-refractivity contribution in [1.29, 1.82) is 0 Å². The maximum atomic E-state index is 11.4. The number of aliphatic imine (C=N–C) groups is 1. The Balaban J connectivity index is 0.00000484. The van der Waals surface area contributed by atoms with E-state index in [0.29, 0.717) is 21.4 Å². The molecule has 0 radical (unpaired) electrons. The van der Waals surface area contributed by atoms with Gasteiger partial charge in [-0.25, -0.2) is 4.79 Å². The number of unbranched alkanes of at least 4 members (excludes halogenated alkanes) is 1. The van der Waals surface area contributed by atoms with Crippen LogP contribution in [-0.2, 0) is 4.79 Å². The van der Waals surface area contributed by atoms with Gasteiger partial charge in [0.15, 0.2) is 6.10 Å². The Bertz CT molecular complexity index is 592. The molecule has 0 aliphatic carbocycles. The number of hydrogen-bond acceptors (Lipinski definition) is 4. The zero-order chi connectivity index (χ0) is 16.9. The van der Waals surface area contributed by atoms with Gasteiger partial charge in [-0.15, -0.1) is 0 Å². The van der Waals surface area contributed by atoms with E-state index in [-0.39, 0.29) is 35.5 Å². The molecular formula is C14H15I3NNaO4. The van der Waals surface area contributed by atoms with Gasteiger partial charge >= 0.3 is 35.5 Å². The van der Waals surface area contributed by atoms with Crippen LogP contribution in [-0.4, -0.2) is 23.1 Å². The minimum absolute atomic E-state index is 0. The van der Waals surface area contributed by atoms with Crippen LogP contribution < -0.4 is 39.4 Å². The first-order valence-electron chi connectivity index (χ1n) is 6.57. The normalized spacial score (nSPS) is 12.5. The summed E-state index contributed by atoms with van der Waals surface area (Å²) in [5, 5.41) is 20.6. The maximum absolute atomic E-state index is 11.4. The van der Waals surface area contributed by atoms with Gasteiger partial charge in [-0.05, 0) is 99.5 Å². The molecule has 9 heteroatoms. The number of halogens is 3. The molecular weight excluding hydrogens is 650 g/mol. The Labute approximate surface area is 198 Å². The number of nitrogens with zero attached hydrogens (tertiary/aromatic N) is 1. The maximum Gasteiger partial charge on any atom is 1.00 e. The minimum Gasteiger partial charge on any atom is -0.862 e. The summed E-state index contributed by atoms with van der Waals surface area (Å²) < 4.78 is 8.02. The van der Waals surface area contributed by atoms with Crippen LogP contribution in [0.25, 0.3) is 0 Å². The zero-order valence-electron chi connectivity index (χ0n) is 13.0. The van der Waals surface area contributed by atoms with Crippen molar-refractivity contribution in [3.63, 3.8) is 0 Å². The summed E-state index contributed by atoms with van der Waals surface area (Å²) in [5.74, 6) is -0.808. The Morgan fingerprint density at radius 1 is 1.39 bits per heavy atom. The van der Waals surface area contributed by atoms with E-state index in [9.17, 15) is 15.0 Å². The fourth-order valence-electron chi connectivity index (χ4n) is 1.69. The third-order valence-electron chi connectivity index (χ3n) is 2.73. The van der Waals surface area contributed by atoms with E-state index in [4.69, 9.17) is 4.74 Å². The van der Waals surface area contributed by atoms with Gasteiger partial charge in [0, 0.05) is 3.57 Å². The molecule has 1 rings (SSSR count). The van der Waals surface area contributed by atoms with Crippen molar-refractivity contribution in [2.75, 3.05) is 0 Å². The van der Waals surface area contributed by atoms with Crippen LogP contribution in [0.4, 0.5) is 5.69 Å². The fourth-order valence-corrected chi connectivity index (χ4v) is 5.56. The quantitative estimate of drug-likeness (QED) is 0.204. The minimum atomic E-state index is -0.983. The molecule has 0 amide bonds. The van der Waals surface area contributed by atoms with Crippen LogP contribution in [0, 0.1) is 10.7 Å². The molecule has 1 unspecified atom stereocenters. The monoisotopic (exact) mass is 665 g/mol. The number of hydrogen-bond donors (Lipinski definition) is 1. The molecule has 0 aromatic heterocycles. The molecule has 0 fully saturated rings. The predicted octanol–water partition coefficient (Wildman–Crippen LogP) is 0.937. The molecule has 0 saturated heterocycles. The third kappa shape index (κ3) is 7.50. The van der Waals surface area contributed by atoms with E-state index in [1.807, 2.05) is 35.6 Å². The topological polar surface area (TPSA) is 82.0 Å². The molecule has 1 aromatic rings. The van der Waals surface area contributed by atoms with E-state index >= 15 is 0 Å². The standard InChI is InChI=1S/C14H16I3NO4.Na/c1-3-4-5-10(14(20)21)22-13-9(16)6-8(15)12(11(13)17)18-7(2)19;/h6,10H,3-5H2,1-2H3,(H,18,19)(H,20,21);/q;+1/p-1. The number of ether oxygens (including phenoxy) is 1. The van der Waals surface area contributed by atoms with Crippen LogP contribution in [0.1, 0.15) is 33.1 Å². The first-order chi connectivity index (χ1) is 10.3. The molecule has 0 spiro atoms. The van der Waals surface area contributed by atoms with Crippen molar-refractivity contribution >= 4 is 85.3 Å². The number of carboxylic acid groups (broad SMARTS) is 1. The van der Waals surface area contributed by atoms with Crippen molar-refractivity contribution in [3.05, 3.63) is 16.8 Å². The fraction of sp³-hybridized carbons (Fsp3) is 0.429. The average molecular weight is 665 g/mol. The van der Waals surface area contributed by atoms with E-state index < -0.39 is 12.1 Å². The summed E-state index contributed by atoms with van der Waals surface area (Å²) in [5.41, 5.74) is 0.531. The summed E-state index contributed by atoms with van der Waals surface area (Å²) in [7, 11) is 0. The van der Waals surface area contributed by atoms with E-state index in [0.717, 1.165) is 20.0 Å². The SMILES string of the molecule is CCCCC(Oc1c(I)cc(I)c(N=C(C)[O-])c1I)C(=O)O.[Na+]. The van der Waals surface area contributed by atoms with Gasteiger partial charge in [0.1, 0.15) is 5.75 Å². The van der Waals surface area contributed by atoms with Gasteiger partial charge in [-0.1, -0.05) is 13.3 Å². The molecule has 23 heavy (non-hydrogen) atoms. The van der Waals surface area contributed by atoms with Crippen LogP contribution in [0.2, 0.25) is 0 Å². The van der Waals surface area contributed by atoms with Crippen LogP contribution in [0.3, 0.4) is 0 Å². The zero-order valence-corrected chi connectivity index (χ0v) is 21.5. The van der Waals surface area contributed by atoms with E-state index in [2.05, 4.69) is 50.2 Å². The number of rotatable bonds is 7. The molecule has 1 N–H and O–H groups in total. The molecule has 0 heterocycles. The van der Waals surface area contributed by atoms with Crippen molar-refractivity contribution < 1.29 is 49.3 Å². The van der Waals surface area contributed by atoms with Gasteiger partial charge < -0.3 is 14.9 Å². The number of benzene rings is 1. The second-order valence-electron chi connectivity index (χ2n) is 4.55. The first kappa shape index (κ1) is 24.1. The molecule has 0 aliphatic heterocycles. The summed E-state index contributed by atoms with van der Waals surface area (Å²) in [6.45, 7) is 3.38. The largest absolute Gasteiger partial charge is 1.00 e. The van der Waals surface area contributed by atoms with Crippen LogP contribution in [0.15, 0.2) is 11.1 Å². The van der Waals surface area contributed by atoms with Crippen molar-refractivity contribution in [1.82, 2.24) is 0 Å². The van der Waals surface area contributed by atoms with Crippen molar-refractivity contribution in [2.24, 2.45) is 4.99 Å². The second-order valence-corrected chi connectivity index (χ2v) is 7.95. The molecule has 5 nitrogen and oxygen atoms in total. The Kier molecular flexibility index (Phi) is 12.3. The van der Waals surface area contributed by atoms with Crippen molar-refractivity contribution in [2.45, 2.75) is 39.2 Å². The predicted molar refractivity (Wildman–Crippen MR) is 109 cm³/mol. The van der Waals surface area contributed by atoms with Gasteiger partial charge in [-0.2, -0.15) is 0 Å². The number of aliphatic carboxylic acids is 1. The molecule has 0 aliphatic rings. The van der Waals surface area contributed by atoms with E-state index in [1.165, 1.54) is 6.92 Å². The van der Waals surface area contributed by atoms with Crippen molar-refractivity contribution in [3.8, 4) is 5.75 Å². The summed E-state index contributed by atoms with van der Waals surface area (Å²) >= 11 is 6.25. The van der Waals surface area contributed by atoms with E-state index in [1.54, 1.807) is 0 Å². The van der Waals surface area contributed by atoms with Gasteiger partial charge in [-0.3, -0.25) is 4.99 Å². The summed E-state index contributed by atoms with van der Waals surface area (Å²) in [6.07, 6.45) is 1.23. The summed E-state index contributed by atoms with van der Waals surface area (Å²) in [4.78, 5) is 15.3. The molecule has 0 saturated carbocycles. The second kappa shape index (κ2) is 11.7. The molecule has 0 bridgehead atoms. The summed E-state index contributed by atoms with van der Waals surface area (Å²) in [6, 6.07) is 1.83. The Morgan fingerprint density at radius 3 is 2.48 bits per heavy atom. The number of carboxylic acids is 1. The van der Waals surface area contributed by atoms with Gasteiger partial charge in [0.25, 0.3) is 0 Å². The van der Waals surface area contributed by atoms with Gasteiger partial charge in [0.2, 0.25) is 0 Å². The Morgan fingerprint density at radius 2 is 2.00 bits per heavy atom. The Hall–Kier alpha value is 1.15. The van der Waals surface area contributed by atoms with Gasteiger partial charge in [0.05, 0.1) is 12.8 Å². The number of carbonyl (C=O) groups is 1. The molecule has 1 aromatic carbocycles. The molecule has 1 atom stereocenters. The van der Waals surface area contributed by atoms with Crippen LogP contribution >= 0.6 is 67.8 Å². The smallest absolute Gasteiger partial charge is 0.862 e.